The van der Waals surface area contributed by atoms with E-state index in [1.54, 1.807) is 19.1 Å². The SMILES string of the molecule is COc1ccc(-c2ccc(N3CCN(C(=O)CN(Cc4ccc5c(c4)OCO5)C(=O)C4CCC4)CC3)nn2)cc1OC. The molecule has 6 rings (SSSR count). The molecular formula is C31H35N5O6. The van der Waals surface area contributed by atoms with Gasteiger partial charge in [-0.2, -0.15) is 0 Å². The van der Waals surface area contributed by atoms with Crippen molar-refractivity contribution in [2.45, 2.75) is 25.8 Å². The number of piperazine rings is 1. The van der Waals surface area contributed by atoms with Gasteiger partial charge < -0.3 is 33.6 Å². The van der Waals surface area contributed by atoms with Crippen LogP contribution in [0.4, 0.5) is 5.82 Å². The second-order valence-electron chi connectivity index (χ2n) is 10.7. The first-order chi connectivity index (χ1) is 20.5. The van der Waals surface area contributed by atoms with E-state index in [-0.39, 0.29) is 31.1 Å². The van der Waals surface area contributed by atoms with Gasteiger partial charge in [-0.3, -0.25) is 9.59 Å². The van der Waals surface area contributed by atoms with Crippen molar-refractivity contribution in [3.8, 4) is 34.3 Å². The van der Waals surface area contributed by atoms with Crippen molar-refractivity contribution >= 4 is 17.6 Å². The van der Waals surface area contributed by atoms with Gasteiger partial charge in [0.05, 0.1) is 19.9 Å². The van der Waals surface area contributed by atoms with Gasteiger partial charge in [-0.25, -0.2) is 0 Å². The number of benzene rings is 2. The Bertz CT molecular complexity index is 1440. The van der Waals surface area contributed by atoms with Crippen LogP contribution in [0.2, 0.25) is 0 Å². The molecule has 0 atom stereocenters. The lowest BCUT2D eigenvalue weighted by Crippen LogP contribution is -2.52. The molecular weight excluding hydrogens is 538 g/mol. The molecule has 220 valence electrons. The molecule has 1 aromatic heterocycles. The van der Waals surface area contributed by atoms with Gasteiger partial charge in [-0.1, -0.05) is 12.5 Å². The van der Waals surface area contributed by atoms with Crippen molar-refractivity contribution in [2.75, 3.05) is 58.6 Å². The fourth-order valence-electron chi connectivity index (χ4n) is 5.48. The molecule has 2 amide bonds. The van der Waals surface area contributed by atoms with Crippen LogP contribution in [0, 0.1) is 5.92 Å². The van der Waals surface area contributed by atoms with E-state index in [0.717, 1.165) is 41.9 Å². The quantitative estimate of drug-likeness (QED) is 0.381. The Morgan fingerprint density at radius 3 is 2.38 bits per heavy atom. The van der Waals surface area contributed by atoms with Gasteiger partial charge in [0.15, 0.2) is 28.8 Å². The van der Waals surface area contributed by atoms with E-state index >= 15 is 0 Å². The van der Waals surface area contributed by atoms with Crippen molar-refractivity contribution in [1.82, 2.24) is 20.0 Å². The third kappa shape index (κ3) is 5.77. The summed E-state index contributed by atoms with van der Waals surface area (Å²) in [6, 6.07) is 15.2. The van der Waals surface area contributed by atoms with Gasteiger partial charge in [0.1, 0.15) is 6.54 Å². The molecule has 2 aromatic carbocycles. The monoisotopic (exact) mass is 573 g/mol. The molecule has 0 spiro atoms. The maximum Gasteiger partial charge on any atom is 0.242 e. The number of carbonyl (C=O) groups is 2. The highest BCUT2D eigenvalue weighted by Crippen LogP contribution is 2.34. The maximum atomic E-state index is 13.4. The molecule has 1 saturated heterocycles. The first kappa shape index (κ1) is 27.6. The molecule has 0 N–H and O–H groups in total. The van der Waals surface area contributed by atoms with Crippen molar-refractivity contribution in [1.29, 1.82) is 0 Å². The average molecular weight is 574 g/mol. The molecule has 2 aliphatic heterocycles. The van der Waals surface area contributed by atoms with Crippen LogP contribution in [0.15, 0.2) is 48.5 Å². The molecule has 1 saturated carbocycles. The molecule has 0 bridgehead atoms. The molecule has 11 nitrogen and oxygen atoms in total. The number of fused-ring (bicyclic) bond motifs is 1. The first-order valence-corrected chi connectivity index (χ1v) is 14.3. The fourth-order valence-corrected chi connectivity index (χ4v) is 5.48. The van der Waals surface area contributed by atoms with Gasteiger partial charge in [-0.05, 0) is 60.9 Å². The largest absolute Gasteiger partial charge is 0.493 e. The van der Waals surface area contributed by atoms with E-state index in [2.05, 4.69) is 15.1 Å². The summed E-state index contributed by atoms with van der Waals surface area (Å²) in [4.78, 5) is 32.3. The zero-order valence-electron chi connectivity index (χ0n) is 24.0. The zero-order chi connectivity index (χ0) is 29.1. The number of aromatic nitrogens is 2. The lowest BCUT2D eigenvalue weighted by atomic mass is 9.84. The molecule has 3 aliphatic rings. The van der Waals surface area contributed by atoms with E-state index in [9.17, 15) is 9.59 Å². The number of hydrogen-bond donors (Lipinski definition) is 0. The number of ether oxygens (including phenoxy) is 4. The van der Waals surface area contributed by atoms with Gasteiger partial charge >= 0.3 is 0 Å². The molecule has 0 radical (unpaired) electrons. The Morgan fingerprint density at radius 2 is 1.69 bits per heavy atom. The topological polar surface area (TPSA) is 107 Å². The minimum absolute atomic E-state index is 0.00389. The van der Waals surface area contributed by atoms with Crippen LogP contribution in [0.25, 0.3) is 11.3 Å². The highest BCUT2D eigenvalue weighted by Gasteiger charge is 2.32. The van der Waals surface area contributed by atoms with Gasteiger partial charge in [0, 0.05) is 44.2 Å². The van der Waals surface area contributed by atoms with Crippen LogP contribution in [0.3, 0.4) is 0 Å². The Hall–Kier alpha value is -4.54. The molecule has 3 heterocycles. The second-order valence-corrected chi connectivity index (χ2v) is 10.7. The van der Waals surface area contributed by atoms with E-state index in [0.29, 0.717) is 55.7 Å². The predicted molar refractivity (Wildman–Crippen MR) is 155 cm³/mol. The molecule has 1 aliphatic carbocycles. The van der Waals surface area contributed by atoms with E-state index < -0.39 is 0 Å². The standard InChI is InChI=1S/C31H35N5O6/c1-39-25-10-7-23(17-27(25)40-2)24-8-11-29(33-32-24)34-12-14-35(15-13-34)30(37)19-36(31(38)22-4-3-5-22)18-21-6-9-26-28(16-21)42-20-41-26/h6-11,16-17,22H,3-5,12-15,18-20H2,1-2H3. The minimum Gasteiger partial charge on any atom is -0.493 e. The van der Waals surface area contributed by atoms with Crippen molar-refractivity contribution in [2.24, 2.45) is 5.92 Å². The Morgan fingerprint density at radius 1 is 0.905 bits per heavy atom. The van der Waals surface area contributed by atoms with Crippen LogP contribution in [-0.4, -0.2) is 85.5 Å². The lowest BCUT2D eigenvalue weighted by Gasteiger charge is -2.37. The summed E-state index contributed by atoms with van der Waals surface area (Å²) in [5.41, 5.74) is 2.52. The summed E-state index contributed by atoms with van der Waals surface area (Å²) in [5, 5.41) is 8.88. The summed E-state index contributed by atoms with van der Waals surface area (Å²) in [7, 11) is 3.20. The summed E-state index contributed by atoms with van der Waals surface area (Å²) < 4.78 is 21.6. The first-order valence-electron chi connectivity index (χ1n) is 14.3. The maximum absolute atomic E-state index is 13.4. The second kappa shape index (κ2) is 12.1. The smallest absolute Gasteiger partial charge is 0.242 e. The van der Waals surface area contributed by atoms with Crippen LogP contribution >= 0.6 is 0 Å². The lowest BCUT2D eigenvalue weighted by molar-refractivity contribution is -0.145. The Balaban J connectivity index is 1.07. The highest BCUT2D eigenvalue weighted by atomic mass is 16.7. The number of amides is 2. The van der Waals surface area contributed by atoms with Crippen LogP contribution < -0.4 is 23.8 Å². The van der Waals surface area contributed by atoms with Gasteiger partial charge in [0.2, 0.25) is 18.6 Å². The molecule has 0 unspecified atom stereocenters. The van der Waals surface area contributed by atoms with Gasteiger partial charge in [0.25, 0.3) is 0 Å². The molecule has 3 aromatic rings. The molecule has 11 heteroatoms. The summed E-state index contributed by atoms with van der Waals surface area (Å²) in [6.07, 6.45) is 2.83. The van der Waals surface area contributed by atoms with E-state index in [4.69, 9.17) is 18.9 Å². The van der Waals surface area contributed by atoms with Crippen molar-refractivity contribution in [3.05, 3.63) is 54.1 Å². The number of anilines is 1. The number of rotatable bonds is 9. The minimum atomic E-state index is -0.0436. The van der Waals surface area contributed by atoms with E-state index in [1.165, 1.54) is 0 Å². The number of carbonyl (C=O) groups excluding carboxylic acids is 2. The van der Waals surface area contributed by atoms with Crippen molar-refractivity contribution < 1.29 is 28.5 Å². The third-order valence-electron chi connectivity index (χ3n) is 8.19. The third-order valence-corrected chi connectivity index (χ3v) is 8.19. The molecule has 2 fully saturated rings. The van der Waals surface area contributed by atoms with Crippen LogP contribution in [-0.2, 0) is 16.1 Å². The predicted octanol–water partition coefficient (Wildman–Crippen LogP) is 3.37. The highest BCUT2D eigenvalue weighted by molar-refractivity contribution is 5.86. The summed E-state index contributed by atoms with van der Waals surface area (Å²) in [6.45, 7) is 2.98. The van der Waals surface area contributed by atoms with Gasteiger partial charge in [-0.15, -0.1) is 10.2 Å². The number of methoxy groups -OCH3 is 2. The van der Waals surface area contributed by atoms with Crippen LogP contribution in [0.5, 0.6) is 23.0 Å². The average Bonchev–Trinajstić information content (AvgIpc) is 3.48. The van der Waals surface area contributed by atoms with Crippen molar-refractivity contribution in [3.63, 3.8) is 0 Å². The van der Waals surface area contributed by atoms with Crippen LogP contribution in [0.1, 0.15) is 24.8 Å². The molecule has 42 heavy (non-hydrogen) atoms. The Kier molecular flexibility index (Phi) is 7.98. The Labute approximate surface area is 244 Å². The van der Waals surface area contributed by atoms with E-state index in [1.807, 2.05) is 53.4 Å². The fraction of sp³-hybridized carbons (Fsp3) is 0.419. The normalized spacial score (nSPS) is 16.1. The summed E-state index contributed by atoms with van der Waals surface area (Å²) in [5.74, 6) is 3.43. The number of hydrogen-bond acceptors (Lipinski definition) is 9. The number of nitrogens with zero attached hydrogens (tertiary/aromatic N) is 5. The zero-order valence-corrected chi connectivity index (χ0v) is 24.0. The summed E-state index contributed by atoms with van der Waals surface area (Å²) >= 11 is 0.